The van der Waals surface area contributed by atoms with Crippen molar-refractivity contribution in [2.45, 2.75) is 45.3 Å². The third kappa shape index (κ3) is 14.4. The minimum absolute atomic E-state index is 0.255. The van der Waals surface area contributed by atoms with Crippen molar-refractivity contribution in [3.63, 3.8) is 0 Å². The van der Waals surface area contributed by atoms with Crippen molar-refractivity contribution in [1.82, 2.24) is 5.32 Å². The van der Waals surface area contributed by atoms with E-state index in [9.17, 15) is 9.32 Å². The van der Waals surface area contributed by atoms with E-state index in [4.69, 9.17) is 9.47 Å². The highest BCUT2D eigenvalue weighted by molar-refractivity contribution is 7.84. The minimum Gasteiger partial charge on any atom is -0.389 e. The Bertz CT molecular complexity index is 241. The smallest absolute Gasteiger partial charge is 0.0897 e. The van der Waals surface area contributed by atoms with Gasteiger partial charge in [-0.2, -0.15) is 0 Å². The summed E-state index contributed by atoms with van der Waals surface area (Å²) in [6.45, 7) is 6.85. The van der Waals surface area contributed by atoms with Gasteiger partial charge < -0.3 is 19.9 Å². The molecule has 5 nitrogen and oxygen atoms in total. The van der Waals surface area contributed by atoms with E-state index in [1.165, 1.54) is 0 Å². The molecule has 0 aromatic rings. The van der Waals surface area contributed by atoms with Gasteiger partial charge in [-0.1, -0.05) is 13.3 Å². The number of aliphatic hydroxyl groups excluding tert-OH is 1. The van der Waals surface area contributed by atoms with Crippen LogP contribution in [0, 0.1) is 0 Å². The Labute approximate surface area is 125 Å². The van der Waals surface area contributed by atoms with Crippen LogP contribution in [0.2, 0.25) is 0 Å². The Morgan fingerprint density at radius 1 is 1.25 bits per heavy atom. The van der Waals surface area contributed by atoms with Crippen molar-refractivity contribution in [1.29, 1.82) is 0 Å². The molecule has 6 heteroatoms. The second kappa shape index (κ2) is 13.9. The summed E-state index contributed by atoms with van der Waals surface area (Å²) >= 11 is 0. The van der Waals surface area contributed by atoms with Gasteiger partial charge >= 0.3 is 0 Å². The van der Waals surface area contributed by atoms with E-state index < -0.39 is 16.9 Å². The summed E-state index contributed by atoms with van der Waals surface area (Å²) in [5.74, 6) is 0.690. The third-order valence-electron chi connectivity index (χ3n) is 2.86. The zero-order chi connectivity index (χ0) is 15.2. The van der Waals surface area contributed by atoms with Gasteiger partial charge in [0.15, 0.2) is 0 Å². The standard InChI is InChI=1S/C14H31NO4S/c1-4-5-7-18-8-9-19-12-14(16)11-15-13(2)6-10-20(3)17/h13-16H,4-12H2,1-3H3. The molecule has 0 fully saturated rings. The molecule has 0 amide bonds. The van der Waals surface area contributed by atoms with Crippen LogP contribution in [-0.4, -0.2) is 66.4 Å². The van der Waals surface area contributed by atoms with Crippen LogP contribution >= 0.6 is 0 Å². The SMILES string of the molecule is CCCCOCCOCC(O)CNC(C)CCS(C)=O. The lowest BCUT2D eigenvalue weighted by atomic mass is 10.2. The lowest BCUT2D eigenvalue weighted by Crippen LogP contribution is -2.36. The van der Waals surface area contributed by atoms with Crippen LogP contribution in [0.25, 0.3) is 0 Å². The highest BCUT2D eigenvalue weighted by atomic mass is 32.2. The number of aliphatic hydroxyl groups is 1. The number of rotatable bonds is 14. The van der Waals surface area contributed by atoms with Gasteiger partial charge in [-0.05, 0) is 19.8 Å². The summed E-state index contributed by atoms with van der Waals surface area (Å²) in [7, 11) is -0.751. The van der Waals surface area contributed by atoms with E-state index in [0.29, 0.717) is 32.1 Å². The topological polar surface area (TPSA) is 67.8 Å². The van der Waals surface area contributed by atoms with Crippen LogP contribution in [0.15, 0.2) is 0 Å². The Hall–Kier alpha value is -0.0100. The number of ether oxygens (including phenoxy) is 2. The average molecular weight is 309 g/mol. The molecular formula is C14H31NO4S. The van der Waals surface area contributed by atoms with E-state index in [-0.39, 0.29) is 6.04 Å². The van der Waals surface area contributed by atoms with Crippen LogP contribution in [0.1, 0.15) is 33.1 Å². The molecule has 0 radical (unpaired) electrons. The molecule has 2 N–H and O–H groups in total. The lowest BCUT2D eigenvalue weighted by molar-refractivity contribution is 0.00332. The molecule has 0 aromatic carbocycles. The van der Waals surface area contributed by atoms with Crippen molar-refractivity contribution in [2.24, 2.45) is 0 Å². The van der Waals surface area contributed by atoms with Crippen molar-refractivity contribution >= 4 is 10.8 Å². The van der Waals surface area contributed by atoms with Gasteiger partial charge in [0.1, 0.15) is 0 Å². The van der Waals surface area contributed by atoms with E-state index in [0.717, 1.165) is 25.9 Å². The fourth-order valence-electron chi connectivity index (χ4n) is 1.53. The fourth-order valence-corrected chi connectivity index (χ4v) is 2.21. The summed E-state index contributed by atoms with van der Waals surface area (Å²) in [5, 5.41) is 12.9. The van der Waals surface area contributed by atoms with Crippen LogP contribution in [0.3, 0.4) is 0 Å². The fraction of sp³-hybridized carbons (Fsp3) is 1.00. The van der Waals surface area contributed by atoms with Crippen LogP contribution in [0.5, 0.6) is 0 Å². The highest BCUT2D eigenvalue weighted by Gasteiger charge is 2.07. The lowest BCUT2D eigenvalue weighted by Gasteiger charge is -2.17. The van der Waals surface area contributed by atoms with E-state index in [2.05, 4.69) is 12.2 Å². The third-order valence-corrected chi connectivity index (χ3v) is 3.68. The molecule has 0 bridgehead atoms. The molecule has 0 spiro atoms. The van der Waals surface area contributed by atoms with Crippen molar-refractivity contribution in [2.75, 3.05) is 45.0 Å². The molecule has 0 aromatic heterocycles. The van der Waals surface area contributed by atoms with Crippen LogP contribution < -0.4 is 5.32 Å². The zero-order valence-electron chi connectivity index (χ0n) is 13.1. The summed E-state index contributed by atoms with van der Waals surface area (Å²) in [4.78, 5) is 0. The molecule has 20 heavy (non-hydrogen) atoms. The molecule has 0 aliphatic heterocycles. The Morgan fingerprint density at radius 3 is 2.60 bits per heavy atom. The molecule has 0 saturated carbocycles. The maximum atomic E-state index is 11.0. The quantitative estimate of drug-likeness (QED) is 0.467. The molecule has 0 saturated heterocycles. The van der Waals surface area contributed by atoms with E-state index in [1.54, 1.807) is 6.26 Å². The maximum Gasteiger partial charge on any atom is 0.0897 e. The molecule has 0 aliphatic rings. The number of unbranched alkanes of at least 4 members (excludes halogenated alkanes) is 1. The number of hydrogen-bond donors (Lipinski definition) is 2. The predicted molar refractivity (Wildman–Crippen MR) is 83.6 cm³/mol. The van der Waals surface area contributed by atoms with Gasteiger partial charge in [0.2, 0.25) is 0 Å². The van der Waals surface area contributed by atoms with Crippen LogP contribution in [0.4, 0.5) is 0 Å². The van der Waals surface area contributed by atoms with E-state index in [1.807, 2.05) is 6.92 Å². The number of nitrogens with one attached hydrogen (secondary N) is 1. The molecule has 3 unspecified atom stereocenters. The summed E-state index contributed by atoms with van der Waals surface area (Å²) in [5.41, 5.74) is 0. The first-order valence-corrected chi connectivity index (χ1v) is 9.16. The molecule has 0 rings (SSSR count). The van der Waals surface area contributed by atoms with Gasteiger partial charge in [0, 0.05) is 42.0 Å². The van der Waals surface area contributed by atoms with Gasteiger partial charge in [-0.25, -0.2) is 0 Å². The monoisotopic (exact) mass is 309 g/mol. The first kappa shape index (κ1) is 20.0. The van der Waals surface area contributed by atoms with E-state index >= 15 is 0 Å². The maximum absolute atomic E-state index is 11.0. The van der Waals surface area contributed by atoms with Gasteiger partial charge in [-0.15, -0.1) is 0 Å². The second-order valence-corrected chi connectivity index (χ2v) is 6.62. The molecule has 122 valence electrons. The zero-order valence-corrected chi connectivity index (χ0v) is 13.9. The average Bonchev–Trinajstić information content (AvgIpc) is 2.41. The summed E-state index contributed by atoms with van der Waals surface area (Å²) in [6, 6.07) is 0.255. The van der Waals surface area contributed by atoms with Gasteiger partial charge in [-0.3, -0.25) is 4.21 Å². The van der Waals surface area contributed by atoms with Crippen LogP contribution in [-0.2, 0) is 20.3 Å². The Balaban J connectivity index is 3.35. The first-order valence-electron chi connectivity index (χ1n) is 7.43. The normalized spacial score (nSPS) is 16.0. The Morgan fingerprint density at radius 2 is 1.95 bits per heavy atom. The van der Waals surface area contributed by atoms with Crippen molar-refractivity contribution in [3.05, 3.63) is 0 Å². The highest BCUT2D eigenvalue weighted by Crippen LogP contribution is 1.94. The molecular weight excluding hydrogens is 278 g/mol. The van der Waals surface area contributed by atoms with Crippen molar-refractivity contribution in [3.8, 4) is 0 Å². The second-order valence-electron chi connectivity index (χ2n) is 5.07. The van der Waals surface area contributed by atoms with Crippen molar-refractivity contribution < 1.29 is 18.8 Å². The minimum atomic E-state index is -0.751. The largest absolute Gasteiger partial charge is 0.389 e. The number of hydrogen-bond acceptors (Lipinski definition) is 5. The Kier molecular flexibility index (Phi) is 13.9. The summed E-state index contributed by atoms with van der Waals surface area (Å²) in [6.07, 6.45) is 4.25. The predicted octanol–water partition coefficient (Wildman–Crippen LogP) is 0.927. The molecule has 3 atom stereocenters. The molecule has 0 aliphatic carbocycles. The van der Waals surface area contributed by atoms with Gasteiger partial charge in [0.05, 0.1) is 25.9 Å². The first-order chi connectivity index (χ1) is 9.56. The molecule has 0 heterocycles. The summed E-state index contributed by atoms with van der Waals surface area (Å²) < 4.78 is 21.7. The van der Waals surface area contributed by atoms with Gasteiger partial charge in [0.25, 0.3) is 0 Å².